The summed E-state index contributed by atoms with van der Waals surface area (Å²) in [5.74, 6) is 0.258. The molecule has 0 fully saturated rings. The summed E-state index contributed by atoms with van der Waals surface area (Å²) in [7, 11) is 1.56. The molecule has 0 saturated carbocycles. The number of fused-ring (bicyclic) bond motifs is 1. The van der Waals surface area contributed by atoms with Gasteiger partial charge in [0, 0.05) is 25.3 Å². The van der Waals surface area contributed by atoms with Crippen LogP contribution in [0.5, 0.6) is 5.75 Å². The SMILES string of the molecule is C=CCn1c(=O)c2sc(N(CC)CC)nc2n(CC(=O)Nc2ccc(OC)cc2)c1=O. The standard InChI is InChI=1S/C21H25N5O4S/c1-5-12-25-19(28)17-18(23-20(31-17)24(6-2)7-3)26(21(25)29)13-16(27)22-14-8-10-15(30-4)11-9-14/h5,8-11H,1,6-7,12-13H2,2-4H3,(H,22,27). The molecule has 0 aliphatic heterocycles. The van der Waals surface area contributed by atoms with E-state index in [1.54, 1.807) is 31.4 Å². The molecule has 3 aromatic rings. The summed E-state index contributed by atoms with van der Waals surface area (Å²) in [5.41, 5.74) is -0.245. The molecule has 1 amide bonds. The lowest BCUT2D eigenvalue weighted by Crippen LogP contribution is -2.41. The highest BCUT2D eigenvalue weighted by atomic mass is 32.1. The second kappa shape index (κ2) is 9.61. The first kappa shape index (κ1) is 22.3. The third kappa shape index (κ3) is 4.53. The van der Waals surface area contributed by atoms with Crippen LogP contribution < -0.4 is 26.2 Å². The van der Waals surface area contributed by atoms with Crippen molar-refractivity contribution in [3.8, 4) is 5.75 Å². The number of benzene rings is 1. The van der Waals surface area contributed by atoms with E-state index in [0.29, 0.717) is 34.4 Å². The molecule has 10 heteroatoms. The van der Waals surface area contributed by atoms with Crippen LogP contribution in [0.1, 0.15) is 13.8 Å². The van der Waals surface area contributed by atoms with Crippen molar-refractivity contribution >= 4 is 38.4 Å². The number of nitrogens with one attached hydrogen (secondary N) is 1. The van der Waals surface area contributed by atoms with Crippen molar-refractivity contribution in [2.75, 3.05) is 30.4 Å². The Kier molecular flexibility index (Phi) is 6.91. The molecule has 1 N–H and O–H groups in total. The predicted molar refractivity (Wildman–Crippen MR) is 124 cm³/mol. The molecule has 0 aliphatic rings. The number of carbonyl (C=O) groups excluding carboxylic acids is 1. The Balaban J connectivity index is 2.04. The molecule has 3 rings (SSSR count). The van der Waals surface area contributed by atoms with E-state index in [9.17, 15) is 14.4 Å². The van der Waals surface area contributed by atoms with Crippen molar-refractivity contribution in [1.29, 1.82) is 0 Å². The summed E-state index contributed by atoms with van der Waals surface area (Å²) >= 11 is 1.22. The number of amides is 1. The van der Waals surface area contributed by atoms with Crippen LogP contribution in [0.15, 0.2) is 46.5 Å². The van der Waals surface area contributed by atoms with E-state index in [2.05, 4.69) is 16.9 Å². The molecule has 0 bridgehead atoms. The molecular weight excluding hydrogens is 418 g/mol. The van der Waals surface area contributed by atoms with Gasteiger partial charge in [0.25, 0.3) is 5.56 Å². The molecule has 164 valence electrons. The van der Waals surface area contributed by atoms with E-state index in [4.69, 9.17) is 4.74 Å². The highest BCUT2D eigenvalue weighted by molar-refractivity contribution is 7.22. The van der Waals surface area contributed by atoms with Gasteiger partial charge in [-0.25, -0.2) is 9.78 Å². The minimum atomic E-state index is -0.598. The first-order valence-electron chi connectivity index (χ1n) is 9.87. The second-order valence-corrected chi connectivity index (χ2v) is 7.65. The van der Waals surface area contributed by atoms with E-state index in [0.717, 1.165) is 4.57 Å². The third-order valence-corrected chi connectivity index (χ3v) is 5.87. The Bertz CT molecular complexity index is 1210. The van der Waals surface area contributed by atoms with Crippen LogP contribution in [0.2, 0.25) is 0 Å². The number of ether oxygens (including phenoxy) is 1. The number of hydrogen-bond acceptors (Lipinski definition) is 7. The van der Waals surface area contributed by atoms with Crippen LogP contribution in [0, 0.1) is 0 Å². The van der Waals surface area contributed by atoms with Gasteiger partial charge in [-0.1, -0.05) is 17.4 Å². The molecule has 0 spiro atoms. The van der Waals surface area contributed by atoms with Gasteiger partial charge < -0.3 is 15.0 Å². The van der Waals surface area contributed by atoms with Crippen LogP contribution >= 0.6 is 11.3 Å². The van der Waals surface area contributed by atoms with Crippen molar-refractivity contribution in [2.45, 2.75) is 26.9 Å². The van der Waals surface area contributed by atoms with Crippen LogP contribution in [0.25, 0.3) is 10.3 Å². The molecular formula is C21H25N5O4S. The molecule has 0 saturated heterocycles. The van der Waals surface area contributed by atoms with Gasteiger partial charge in [-0.05, 0) is 38.1 Å². The average molecular weight is 444 g/mol. The Morgan fingerprint density at radius 2 is 1.90 bits per heavy atom. The first-order valence-corrected chi connectivity index (χ1v) is 10.7. The highest BCUT2D eigenvalue weighted by Gasteiger charge is 2.20. The van der Waals surface area contributed by atoms with Gasteiger partial charge in [0.15, 0.2) is 10.8 Å². The summed E-state index contributed by atoms with van der Waals surface area (Å²) in [6.07, 6.45) is 1.47. The zero-order valence-corrected chi connectivity index (χ0v) is 18.6. The Morgan fingerprint density at radius 1 is 1.23 bits per heavy atom. The largest absolute Gasteiger partial charge is 0.497 e. The molecule has 0 unspecified atom stereocenters. The normalized spacial score (nSPS) is 10.8. The fraction of sp³-hybridized carbons (Fsp3) is 0.333. The van der Waals surface area contributed by atoms with E-state index in [-0.39, 0.29) is 18.7 Å². The summed E-state index contributed by atoms with van der Waals surface area (Å²) in [4.78, 5) is 45.1. The van der Waals surface area contributed by atoms with Gasteiger partial charge in [-0.3, -0.25) is 18.7 Å². The van der Waals surface area contributed by atoms with Crippen LogP contribution in [0.4, 0.5) is 10.8 Å². The monoisotopic (exact) mass is 443 g/mol. The molecule has 31 heavy (non-hydrogen) atoms. The second-order valence-electron chi connectivity index (χ2n) is 6.67. The fourth-order valence-electron chi connectivity index (χ4n) is 3.15. The lowest BCUT2D eigenvalue weighted by atomic mass is 10.3. The summed E-state index contributed by atoms with van der Waals surface area (Å²) < 4.78 is 7.75. The van der Waals surface area contributed by atoms with Crippen molar-refractivity contribution in [1.82, 2.24) is 14.1 Å². The molecule has 9 nitrogen and oxygen atoms in total. The van der Waals surface area contributed by atoms with E-state index in [1.807, 2.05) is 18.7 Å². The minimum absolute atomic E-state index is 0.0478. The molecule has 2 heterocycles. The summed E-state index contributed by atoms with van der Waals surface area (Å²) in [6, 6.07) is 6.85. The smallest absolute Gasteiger partial charge is 0.333 e. The van der Waals surface area contributed by atoms with Crippen molar-refractivity contribution in [3.63, 3.8) is 0 Å². The van der Waals surface area contributed by atoms with Crippen LogP contribution in [-0.2, 0) is 17.9 Å². The Hall–Kier alpha value is -3.40. The third-order valence-electron chi connectivity index (χ3n) is 4.78. The van der Waals surface area contributed by atoms with E-state index in [1.165, 1.54) is 22.0 Å². The number of methoxy groups -OCH3 is 1. The summed E-state index contributed by atoms with van der Waals surface area (Å²) in [6.45, 7) is 8.78. The zero-order chi connectivity index (χ0) is 22.5. The van der Waals surface area contributed by atoms with Crippen LogP contribution in [0.3, 0.4) is 0 Å². The molecule has 0 radical (unpaired) electrons. The number of anilines is 2. The number of allylic oxidation sites excluding steroid dienone is 1. The molecule has 0 aliphatic carbocycles. The van der Waals surface area contributed by atoms with Crippen molar-refractivity contribution in [2.24, 2.45) is 0 Å². The lowest BCUT2D eigenvalue weighted by molar-refractivity contribution is -0.116. The van der Waals surface area contributed by atoms with Crippen molar-refractivity contribution in [3.05, 3.63) is 57.8 Å². The maximum atomic E-state index is 13.0. The lowest BCUT2D eigenvalue weighted by Gasteiger charge is -2.16. The first-order chi connectivity index (χ1) is 14.9. The van der Waals surface area contributed by atoms with Gasteiger partial charge in [-0.2, -0.15) is 0 Å². The van der Waals surface area contributed by atoms with E-state index >= 15 is 0 Å². The predicted octanol–water partition coefficient (Wildman–Crippen LogP) is 2.30. The van der Waals surface area contributed by atoms with Gasteiger partial charge in [0.1, 0.15) is 17.0 Å². The van der Waals surface area contributed by atoms with Gasteiger partial charge >= 0.3 is 5.69 Å². The van der Waals surface area contributed by atoms with Crippen LogP contribution in [-0.4, -0.2) is 40.2 Å². The van der Waals surface area contributed by atoms with Gasteiger partial charge in [-0.15, -0.1) is 6.58 Å². The molecule has 2 aromatic heterocycles. The zero-order valence-electron chi connectivity index (χ0n) is 17.8. The number of thiazole rings is 1. The number of carbonyl (C=O) groups is 1. The molecule has 0 atom stereocenters. The minimum Gasteiger partial charge on any atom is -0.497 e. The van der Waals surface area contributed by atoms with Gasteiger partial charge in [0.2, 0.25) is 5.91 Å². The van der Waals surface area contributed by atoms with Gasteiger partial charge in [0.05, 0.1) is 7.11 Å². The quantitative estimate of drug-likeness (QED) is 0.510. The van der Waals surface area contributed by atoms with E-state index < -0.39 is 17.2 Å². The topological polar surface area (TPSA) is 98.5 Å². The maximum absolute atomic E-state index is 13.0. The number of aromatic nitrogens is 3. The molecule has 1 aromatic carbocycles. The fourth-order valence-corrected chi connectivity index (χ4v) is 4.30. The Morgan fingerprint density at radius 3 is 2.48 bits per heavy atom. The average Bonchev–Trinajstić information content (AvgIpc) is 3.21. The number of hydrogen-bond donors (Lipinski definition) is 1. The number of nitrogens with zero attached hydrogens (tertiary/aromatic N) is 4. The highest BCUT2D eigenvalue weighted by Crippen LogP contribution is 2.25. The summed E-state index contributed by atoms with van der Waals surface area (Å²) in [5, 5.41) is 3.39. The van der Waals surface area contributed by atoms with Crippen molar-refractivity contribution < 1.29 is 9.53 Å². The Labute approximate surface area is 183 Å². The maximum Gasteiger partial charge on any atom is 0.333 e. The number of rotatable bonds is 9.